The summed E-state index contributed by atoms with van der Waals surface area (Å²) in [6, 6.07) is 0. The highest BCUT2D eigenvalue weighted by atomic mass is 16.5. The van der Waals surface area contributed by atoms with E-state index in [1.165, 1.54) is 0 Å². The van der Waals surface area contributed by atoms with Gasteiger partial charge in [-0.1, -0.05) is 0 Å². The zero-order valence-corrected chi connectivity index (χ0v) is 8.79. The number of aromatic amines is 3. The van der Waals surface area contributed by atoms with E-state index in [1.54, 1.807) is 0 Å². The van der Waals surface area contributed by atoms with Gasteiger partial charge in [-0.15, -0.1) is 0 Å². The van der Waals surface area contributed by atoms with Crippen LogP contribution in [0.15, 0.2) is 9.59 Å². The van der Waals surface area contributed by atoms with E-state index in [0.29, 0.717) is 25.5 Å². The summed E-state index contributed by atoms with van der Waals surface area (Å²) in [5, 5.41) is 0. The lowest BCUT2D eigenvalue weighted by Gasteiger charge is -1.96. The van der Waals surface area contributed by atoms with Gasteiger partial charge in [0, 0.05) is 13.0 Å². The first kappa shape index (κ1) is 10.6. The largest absolute Gasteiger partial charge is 0.381 e. The molecule has 16 heavy (non-hydrogen) atoms. The molecule has 0 aromatic carbocycles. The molecule has 2 aromatic rings. The van der Waals surface area contributed by atoms with Crippen LogP contribution >= 0.6 is 0 Å². The van der Waals surface area contributed by atoms with Crippen molar-refractivity contribution in [3.8, 4) is 0 Å². The van der Waals surface area contributed by atoms with Crippen LogP contribution in [-0.4, -0.2) is 33.1 Å². The zero-order chi connectivity index (χ0) is 11.5. The number of H-pyrrole nitrogens is 3. The van der Waals surface area contributed by atoms with Gasteiger partial charge in [-0.05, 0) is 6.92 Å². The third-order valence-corrected chi connectivity index (χ3v) is 2.13. The molecule has 86 valence electrons. The molecule has 7 heteroatoms. The number of fused-ring (bicyclic) bond motifs is 1. The summed E-state index contributed by atoms with van der Waals surface area (Å²) in [7, 11) is 0. The molecule has 0 fully saturated rings. The molecule has 2 aromatic heterocycles. The molecule has 0 atom stereocenters. The van der Waals surface area contributed by atoms with Crippen molar-refractivity contribution < 1.29 is 4.74 Å². The number of nitrogens with one attached hydrogen (secondary N) is 3. The zero-order valence-electron chi connectivity index (χ0n) is 8.79. The van der Waals surface area contributed by atoms with Gasteiger partial charge in [-0.3, -0.25) is 14.8 Å². The first-order valence-electron chi connectivity index (χ1n) is 4.99. The molecule has 0 aliphatic rings. The Balaban J connectivity index is 2.33. The summed E-state index contributed by atoms with van der Waals surface area (Å²) >= 11 is 0. The van der Waals surface area contributed by atoms with Gasteiger partial charge in [0.2, 0.25) is 0 Å². The van der Waals surface area contributed by atoms with Gasteiger partial charge in [0.05, 0.1) is 6.61 Å². The smallest absolute Gasteiger partial charge is 0.327 e. The van der Waals surface area contributed by atoms with Gasteiger partial charge < -0.3 is 9.72 Å². The standard InChI is InChI=1S/C9H12N4O3/c1-2-16-4-3-5-10-6-7(11-5)12-9(15)13-8(6)14/h2-4H2,1H3,(H3,10,11,12,13,14,15). The Morgan fingerprint density at radius 3 is 2.81 bits per heavy atom. The molecular weight excluding hydrogens is 212 g/mol. The molecule has 0 saturated carbocycles. The van der Waals surface area contributed by atoms with Crippen LogP contribution in [0.4, 0.5) is 0 Å². The topological polar surface area (TPSA) is 104 Å². The molecule has 2 rings (SSSR count). The number of imidazole rings is 1. The van der Waals surface area contributed by atoms with Crippen molar-refractivity contribution in [2.75, 3.05) is 13.2 Å². The highest BCUT2D eigenvalue weighted by Gasteiger charge is 2.06. The summed E-state index contributed by atoms with van der Waals surface area (Å²) in [5.74, 6) is 0.621. The molecule has 0 spiro atoms. The second-order valence-corrected chi connectivity index (χ2v) is 3.26. The van der Waals surface area contributed by atoms with Crippen molar-refractivity contribution in [2.45, 2.75) is 13.3 Å². The molecule has 0 radical (unpaired) electrons. The number of nitrogens with zero attached hydrogens (tertiary/aromatic N) is 1. The van der Waals surface area contributed by atoms with Gasteiger partial charge in [-0.2, -0.15) is 0 Å². The summed E-state index contributed by atoms with van der Waals surface area (Å²) in [6.07, 6.45) is 0.573. The Morgan fingerprint density at radius 2 is 2.06 bits per heavy atom. The van der Waals surface area contributed by atoms with Gasteiger partial charge >= 0.3 is 5.69 Å². The monoisotopic (exact) mass is 224 g/mol. The Bertz CT molecular complexity index is 595. The van der Waals surface area contributed by atoms with Crippen LogP contribution < -0.4 is 11.2 Å². The van der Waals surface area contributed by atoms with Gasteiger partial charge in [0.1, 0.15) is 11.3 Å². The number of hydrogen-bond donors (Lipinski definition) is 3. The van der Waals surface area contributed by atoms with Crippen LogP contribution in [-0.2, 0) is 11.2 Å². The number of ether oxygens (including phenoxy) is 1. The first-order valence-corrected chi connectivity index (χ1v) is 4.99. The third-order valence-electron chi connectivity index (χ3n) is 2.13. The average Bonchev–Trinajstić information content (AvgIpc) is 2.61. The van der Waals surface area contributed by atoms with Crippen LogP contribution in [0.1, 0.15) is 12.7 Å². The minimum Gasteiger partial charge on any atom is -0.381 e. The van der Waals surface area contributed by atoms with Gasteiger partial charge in [0.25, 0.3) is 5.56 Å². The van der Waals surface area contributed by atoms with E-state index in [4.69, 9.17) is 4.74 Å². The van der Waals surface area contributed by atoms with E-state index < -0.39 is 11.2 Å². The van der Waals surface area contributed by atoms with Crippen molar-refractivity contribution in [3.05, 3.63) is 26.7 Å². The fraction of sp³-hybridized carbons (Fsp3) is 0.444. The lowest BCUT2D eigenvalue weighted by molar-refractivity contribution is 0.149. The molecule has 0 bridgehead atoms. The molecule has 2 heterocycles. The summed E-state index contributed by atoms with van der Waals surface area (Å²) in [5.41, 5.74) is -0.458. The van der Waals surface area contributed by atoms with E-state index in [0.717, 1.165) is 0 Å². The Labute approximate surface area is 89.9 Å². The quantitative estimate of drug-likeness (QED) is 0.610. The molecule has 0 aliphatic carbocycles. The Hall–Kier alpha value is -1.89. The second kappa shape index (κ2) is 4.31. The summed E-state index contributed by atoms with van der Waals surface area (Å²) < 4.78 is 5.17. The van der Waals surface area contributed by atoms with Gasteiger partial charge in [0.15, 0.2) is 5.65 Å². The minimum absolute atomic E-state index is 0.278. The first-order chi connectivity index (χ1) is 7.70. The second-order valence-electron chi connectivity index (χ2n) is 3.26. The number of aromatic nitrogens is 4. The van der Waals surface area contributed by atoms with E-state index >= 15 is 0 Å². The van der Waals surface area contributed by atoms with E-state index in [1.807, 2.05) is 6.92 Å². The van der Waals surface area contributed by atoms with Crippen molar-refractivity contribution in [3.63, 3.8) is 0 Å². The van der Waals surface area contributed by atoms with Crippen LogP contribution in [0.3, 0.4) is 0 Å². The molecule has 7 nitrogen and oxygen atoms in total. The highest BCUT2D eigenvalue weighted by molar-refractivity contribution is 5.68. The lowest BCUT2D eigenvalue weighted by atomic mass is 10.4. The molecule has 0 unspecified atom stereocenters. The molecule has 0 aliphatic heterocycles. The van der Waals surface area contributed by atoms with E-state index in [9.17, 15) is 9.59 Å². The van der Waals surface area contributed by atoms with Crippen LogP contribution in [0.2, 0.25) is 0 Å². The maximum atomic E-state index is 11.4. The molecule has 3 N–H and O–H groups in total. The van der Waals surface area contributed by atoms with Crippen LogP contribution in [0.25, 0.3) is 11.2 Å². The molecular formula is C9H12N4O3. The molecule has 0 amide bonds. The average molecular weight is 224 g/mol. The fourth-order valence-corrected chi connectivity index (χ4v) is 1.41. The maximum absolute atomic E-state index is 11.4. The van der Waals surface area contributed by atoms with Crippen molar-refractivity contribution in [2.24, 2.45) is 0 Å². The van der Waals surface area contributed by atoms with E-state index in [2.05, 4.69) is 19.9 Å². The summed E-state index contributed by atoms with van der Waals surface area (Å²) in [6.45, 7) is 3.07. The van der Waals surface area contributed by atoms with Crippen LogP contribution in [0.5, 0.6) is 0 Å². The van der Waals surface area contributed by atoms with Crippen molar-refractivity contribution in [1.82, 2.24) is 19.9 Å². The normalized spacial score (nSPS) is 11.1. The number of rotatable bonds is 4. The van der Waals surface area contributed by atoms with Crippen molar-refractivity contribution in [1.29, 1.82) is 0 Å². The lowest BCUT2D eigenvalue weighted by Crippen LogP contribution is -2.21. The van der Waals surface area contributed by atoms with E-state index in [-0.39, 0.29) is 11.2 Å². The maximum Gasteiger partial charge on any atom is 0.327 e. The Morgan fingerprint density at radius 1 is 1.25 bits per heavy atom. The van der Waals surface area contributed by atoms with Crippen LogP contribution in [0, 0.1) is 0 Å². The SMILES string of the molecule is CCOCCc1nc2[nH]c(=O)[nH]c(=O)c2[nH]1. The summed E-state index contributed by atoms with van der Waals surface area (Å²) in [4.78, 5) is 33.9. The van der Waals surface area contributed by atoms with Gasteiger partial charge in [-0.25, -0.2) is 9.78 Å². The molecule has 0 saturated heterocycles. The predicted molar refractivity (Wildman–Crippen MR) is 57.5 cm³/mol. The minimum atomic E-state index is -0.555. The number of hydrogen-bond acceptors (Lipinski definition) is 4. The predicted octanol–water partition coefficient (Wildman–Crippen LogP) is -0.482. The fourth-order valence-electron chi connectivity index (χ4n) is 1.41. The van der Waals surface area contributed by atoms with Crippen molar-refractivity contribution >= 4 is 11.2 Å². The highest BCUT2D eigenvalue weighted by Crippen LogP contribution is 2.01. The third kappa shape index (κ3) is 2.03. The Kier molecular flexibility index (Phi) is 2.86.